The highest BCUT2D eigenvalue weighted by Gasteiger charge is 2.22. The van der Waals surface area contributed by atoms with Gasteiger partial charge in [0.25, 0.3) is 5.91 Å². The number of carbonyl (C=O) groups is 1. The molecule has 176 valence electrons. The quantitative estimate of drug-likeness (QED) is 0.498. The van der Waals surface area contributed by atoms with E-state index in [1.165, 1.54) is 6.20 Å². The van der Waals surface area contributed by atoms with Gasteiger partial charge in [-0.15, -0.1) is 0 Å². The Morgan fingerprint density at radius 2 is 1.94 bits per heavy atom. The summed E-state index contributed by atoms with van der Waals surface area (Å²) in [5.41, 5.74) is 2.75. The molecule has 3 heterocycles. The van der Waals surface area contributed by atoms with E-state index >= 15 is 0 Å². The predicted molar refractivity (Wildman–Crippen MR) is 132 cm³/mol. The molecular weight excluding hydrogens is 428 g/mol. The van der Waals surface area contributed by atoms with Crippen LogP contribution in [-0.4, -0.2) is 48.2 Å². The lowest BCUT2D eigenvalue weighted by Crippen LogP contribution is -2.40. The van der Waals surface area contributed by atoms with Crippen LogP contribution in [0.3, 0.4) is 0 Å². The second kappa shape index (κ2) is 12.9. The van der Waals surface area contributed by atoms with Crippen molar-refractivity contribution >= 4 is 11.6 Å². The molecule has 1 amide bonds. The average molecular weight is 459 g/mol. The van der Waals surface area contributed by atoms with Crippen molar-refractivity contribution in [2.75, 3.05) is 31.5 Å². The Kier molecular flexibility index (Phi) is 9.38. The zero-order valence-electron chi connectivity index (χ0n) is 19.5. The number of nitrogens with zero attached hydrogens (tertiary/aromatic N) is 3. The normalized spacial score (nSPS) is 14.7. The maximum atomic E-state index is 11.9. The van der Waals surface area contributed by atoms with Gasteiger partial charge in [0, 0.05) is 32.0 Å². The molecule has 3 N–H and O–H groups in total. The molecule has 1 aromatic carbocycles. The Morgan fingerprint density at radius 1 is 1.21 bits per heavy atom. The summed E-state index contributed by atoms with van der Waals surface area (Å²) in [6.07, 6.45) is 3.22. The van der Waals surface area contributed by atoms with Gasteiger partial charge in [-0.25, -0.2) is 9.97 Å². The lowest BCUT2D eigenvalue weighted by Gasteiger charge is -2.27. The second-order valence-electron chi connectivity index (χ2n) is 7.86. The molecule has 0 spiro atoms. The summed E-state index contributed by atoms with van der Waals surface area (Å²) in [6, 6.07) is 19.5. The number of carbonyl (C=O) groups excluding carboxylic acids is 1. The van der Waals surface area contributed by atoms with E-state index < -0.39 is 0 Å². The standard InChI is InChI=1S/C20H24N6O2.C6H6/c1-3-23-19(27)15-6-18-20(26-10-15)28-17(12-25-18)11-22-8-13(2)14-4-5-16(7-21)24-9-14;1-2-4-6-5-3-1/h4-6,9-10,13,17,22,25H,3,8,11-12H2,1-2H3,(H,23,27);1-6H. The number of fused-ring (bicyclic) bond motifs is 1. The third-order valence-electron chi connectivity index (χ3n) is 5.21. The van der Waals surface area contributed by atoms with Gasteiger partial charge in [-0.05, 0) is 30.5 Å². The number of nitrogens with one attached hydrogen (secondary N) is 3. The fourth-order valence-electron chi connectivity index (χ4n) is 3.32. The zero-order chi connectivity index (χ0) is 24.2. The van der Waals surface area contributed by atoms with Crippen LogP contribution in [0.1, 0.15) is 41.4 Å². The Bertz CT molecular complexity index is 1060. The minimum atomic E-state index is -0.144. The average Bonchev–Trinajstić information content (AvgIpc) is 2.90. The molecule has 2 atom stereocenters. The number of benzene rings is 1. The highest BCUT2D eigenvalue weighted by atomic mass is 16.5. The third kappa shape index (κ3) is 7.29. The van der Waals surface area contributed by atoms with Crippen LogP contribution in [0.25, 0.3) is 0 Å². The van der Waals surface area contributed by atoms with Crippen molar-refractivity contribution in [3.63, 3.8) is 0 Å². The lowest BCUT2D eigenvalue weighted by atomic mass is 10.0. The first kappa shape index (κ1) is 24.7. The van der Waals surface area contributed by atoms with E-state index in [-0.39, 0.29) is 17.9 Å². The van der Waals surface area contributed by atoms with Crippen LogP contribution in [0.4, 0.5) is 5.69 Å². The van der Waals surface area contributed by atoms with Crippen molar-refractivity contribution in [1.29, 1.82) is 5.26 Å². The minimum Gasteiger partial charge on any atom is -0.470 e. The molecule has 2 unspecified atom stereocenters. The van der Waals surface area contributed by atoms with Gasteiger partial charge in [-0.2, -0.15) is 5.26 Å². The highest BCUT2D eigenvalue weighted by Crippen LogP contribution is 2.27. The molecule has 1 aliphatic rings. The number of hydrogen-bond acceptors (Lipinski definition) is 7. The number of amides is 1. The van der Waals surface area contributed by atoms with Crippen LogP contribution < -0.4 is 20.7 Å². The predicted octanol–water partition coefficient (Wildman–Crippen LogP) is 3.35. The number of hydrogen-bond donors (Lipinski definition) is 3. The molecule has 4 rings (SSSR count). The van der Waals surface area contributed by atoms with Crippen molar-refractivity contribution < 1.29 is 9.53 Å². The van der Waals surface area contributed by atoms with Gasteiger partial charge in [0.15, 0.2) is 0 Å². The monoisotopic (exact) mass is 458 g/mol. The van der Waals surface area contributed by atoms with Crippen LogP contribution in [0.15, 0.2) is 67.0 Å². The van der Waals surface area contributed by atoms with Crippen molar-refractivity contribution in [3.8, 4) is 11.9 Å². The van der Waals surface area contributed by atoms with Gasteiger partial charge in [0.1, 0.15) is 17.9 Å². The van der Waals surface area contributed by atoms with Crippen LogP contribution in [-0.2, 0) is 0 Å². The summed E-state index contributed by atoms with van der Waals surface area (Å²) in [5, 5.41) is 18.3. The Morgan fingerprint density at radius 3 is 2.56 bits per heavy atom. The van der Waals surface area contributed by atoms with Gasteiger partial charge in [-0.3, -0.25) is 4.79 Å². The molecule has 1 aliphatic heterocycles. The van der Waals surface area contributed by atoms with Crippen molar-refractivity contribution in [3.05, 3.63) is 83.8 Å². The summed E-state index contributed by atoms with van der Waals surface area (Å²) >= 11 is 0. The first-order valence-corrected chi connectivity index (χ1v) is 11.4. The highest BCUT2D eigenvalue weighted by molar-refractivity contribution is 5.95. The van der Waals surface area contributed by atoms with Crippen molar-refractivity contribution in [1.82, 2.24) is 20.6 Å². The Labute approximate surface area is 200 Å². The summed E-state index contributed by atoms with van der Waals surface area (Å²) in [5.74, 6) is 0.631. The molecule has 0 fully saturated rings. The molecule has 3 aromatic rings. The molecule has 8 heteroatoms. The van der Waals surface area contributed by atoms with E-state index in [0.717, 1.165) is 17.8 Å². The number of aromatic nitrogens is 2. The van der Waals surface area contributed by atoms with Crippen LogP contribution in [0.5, 0.6) is 5.88 Å². The number of ether oxygens (including phenoxy) is 1. The van der Waals surface area contributed by atoms with Crippen LogP contribution in [0, 0.1) is 11.3 Å². The maximum Gasteiger partial charge on any atom is 0.252 e. The molecular formula is C26H30N6O2. The molecule has 0 radical (unpaired) electrons. The van der Waals surface area contributed by atoms with E-state index in [2.05, 4.69) is 32.8 Å². The summed E-state index contributed by atoms with van der Waals surface area (Å²) in [4.78, 5) is 20.3. The largest absolute Gasteiger partial charge is 0.470 e. The van der Waals surface area contributed by atoms with Gasteiger partial charge in [0.2, 0.25) is 5.88 Å². The molecule has 8 nitrogen and oxygen atoms in total. The van der Waals surface area contributed by atoms with Crippen molar-refractivity contribution in [2.24, 2.45) is 0 Å². The number of rotatable bonds is 7. The van der Waals surface area contributed by atoms with Gasteiger partial charge in [0.05, 0.1) is 17.8 Å². The number of nitriles is 1. The maximum absolute atomic E-state index is 11.9. The topological polar surface area (TPSA) is 112 Å². The van der Waals surface area contributed by atoms with Crippen LogP contribution >= 0.6 is 0 Å². The first-order valence-electron chi connectivity index (χ1n) is 11.4. The first-order chi connectivity index (χ1) is 16.6. The minimum absolute atomic E-state index is 0.0541. The van der Waals surface area contributed by atoms with E-state index in [0.29, 0.717) is 36.8 Å². The Hall–Kier alpha value is -3.96. The molecule has 34 heavy (non-hydrogen) atoms. The molecule has 0 bridgehead atoms. The smallest absolute Gasteiger partial charge is 0.252 e. The summed E-state index contributed by atoms with van der Waals surface area (Å²) < 4.78 is 5.93. The fourth-order valence-corrected chi connectivity index (χ4v) is 3.32. The molecule has 0 saturated carbocycles. The van der Waals surface area contributed by atoms with Gasteiger partial charge >= 0.3 is 0 Å². The van der Waals surface area contributed by atoms with Crippen molar-refractivity contribution in [2.45, 2.75) is 25.9 Å². The van der Waals surface area contributed by atoms with E-state index in [4.69, 9.17) is 10.00 Å². The van der Waals surface area contributed by atoms with E-state index in [1.807, 2.05) is 55.5 Å². The molecule has 0 saturated heterocycles. The Balaban J connectivity index is 0.000000469. The van der Waals surface area contributed by atoms with Gasteiger partial charge in [-0.1, -0.05) is 49.4 Å². The summed E-state index contributed by atoms with van der Waals surface area (Å²) in [6.45, 7) is 6.62. The number of anilines is 1. The summed E-state index contributed by atoms with van der Waals surface area (Å²) in [7, 11) is 0. The fraction of sp³-hybridized carbons (Fsp3) is 0.308. The lowest BCUT2D eigenvalue weighted by molar-refractivity contribution is 0.0955. The van der Waals surface area contributed by atoms with E-state index in [9.17, 15) is 4.79 Å². The SMILES string of the molecule is CCNC(=O)c1cnc2c(c1)NCC(CNCC(C)c1ccc(C#N)nc1)O2.c1ccccc1. The van der Waals surface area contributed by atoms with E-state index in [1.54, 1.807) is 18.3 Å². The molecule has 0 aliphatic carbocycles. The van der Waals surface area contributed by atoms with Crippen LogP contribution in [0.2, 0.25) is 0 Å². The number of pyridine rings is 2. The second-order valence-corrected chi connectivity index (χ2v) is 7.86. The zero-order valence-corrected chi connectivity index (χ0v) is 19.5. The third-order valence-corrected chi connectivity index (χ3v) is 5.21. The van der Waals surface area contributed by atoms with Gasteiger partial charge < -0.3 is 20.7 Å². The molecule has 2 aromatic heterocycles.